The summed E-state index contributed by atoms with van der Waals surface area (Å²) in [5.74, 6) is 0.455. The first kappa shape index (κ1) is 17.0. The molecule has 0 aliphatic carbocycles. The summed E-state index contributed by atoms with van der Waals surface area (Å²) in [5, 5.41) is 8.37. The third kappa shape index (κ3) is 5.85. The van der Waals surface area contributed by atoms with E-state index in [9.17, 15) is 9.59 Å². The van der Waals surface area contributed by atoms with Gasteiger partial charge in [0.25, 0.3) is 5.91 Å². The van der Waals surface area contributed by atoms with Gasteiger partial charge in [-0.1, -0.05) is 13.8 Å². The van der Waals surface area contributed by atoms with E-state index in [0.29, 0.717) is 30.3 Å². The topological polar surface area (TPSA) is 70.2 Å². The van der Waals surface area contributed by atoms with Crippen LogP contribution in [0.1, 0.15) is 43.1 Å². The molecule has 0 heterocycles. The van der Waals surface area contributed by atoms with E-state index < -0.39 is 0 Å². The zero-order valence-electron chi connectivity index (χ0n) is 13.2. The molecule has 0 fully saturated rings. The molecule has 1 aromatic carbocycles. The predicted octanol–water partition coefficient (Wildman–Crippen LogP) is 2.91. The van der Waals surface area contributed by atoms with Crippen molar-refractivity contribution in [2.75, 3.05) is 18.4 Å². The summed E-state index contributed by atoms with van der Waals surface area (Å²) < 4.78 is 0. The van der Waals surface area contributed by atoms with Crippen molar-refractivity contribution in [1.29, 1.82) is 0 Å². The second kappa shape index (κ2) is 8.29. The molecule has 0 unspecified atom stereocenters. The molecule has 5 heteroatoms. The molecular weight excluding hydrogens is 266 g/mol. The highest BCUT2D eigenvalue weighted by molar-refractivity contribution is 5.96. The monoisotopic (exact) mass is 291 g/mol. The lowest BCUT2D eigenvalue weighted by Gasteiger charge is -2.12. The van der Waals surface area contributed by atoms with E-state index in [1.54, 1.807) is 18.2 Å². The van der Waals surface area contributed by atoms with Crippen LogP contribution in [0, 0.1) is 12.8 Å². The number of anilines is 1. The van der Waals surface area contributed by atoms with Gasteiger partial charge in [0.1, 0.15) is 0 Å². The maximum absolute atomic E-state index is 11.8. The van der Waals surface area contributed by atoms with Crippen LogP contribution < -0.4 is 16.0 Å². The lowest BCUT2D eigenvalue weighted by Crippen LogP contribution is -2.30. The van der Waals surface area contributed by atoms with Crippen LogP contribution in [0.2, 0.25) is 0 Å². The average Bonchev–Trinajstić information content (AvgIpc) is 2.41. The highest BCUT2D eigenvalue weighted by Crippen LogP contribution is 2.16. The smallest absolute Gasteiger partial charge is 0.319 e. The Labute approximate surface area is 126 Å². The lowest BCUT2D eigenvalue weighted by atomic mass is 10.1. The van der Waals surface area contributed by atoms with Crippen LogP contribution in [-0.4, -0.2) is 25.0 Å². The van der Waals surface area contributed by atoms with Gasteiger partial charge in [0, 0.05) is 24.3 Å². The predicted molar refractivity (Wildman–Crippen MR) is 85.7 cm³/mol. The van der Waals surface area contributed by atoms with Crippen LogP contribution in [0.4, 0.5) is 10.5 Å². The fraction of sp³-hybridized carbons (Fsp3) is 0.500. The van der Waals surface area contributed by atoms with Gasteiger partial charge in [0.2, 0.25) is 0 Å². The minimum Gasteiger partial charge on any atom is -0.352 e. The van der Waals surface area contributed by atoms with E-state index >= 15 is 0 Å². The zero-order valence-corrected chi connectivity index (χ0v) is 13.2. The Hall–Kier alpha value is -2.04. The molecule has 0 aliphatic heterocycles. The maximum atomic E-state index is 11.8. The molecule has 0 aromatic heterocycles. The Balaban J connectivity index is 2.60. The van der Waals surface area contributed by atoms with Crippen LogP contribution in [0.3, 0.4) is 0 Å². The molecule has 0 radical (unpaired) electrons. The van der Waals surface area contributed by atoms with Crippen LogP contribution in [-0.2, 0) is 0 Å². The molecule has 0 aliphatic rings. The number of rotatable bonds is 6. The molecule has 0 atom stereocenters. The number of nitrogens with one attached hydrogen (secondary N) is 3. The van der Waals surface area contributed by atoms with Gasteiger partial charge >= 0.3 is 6.03 Å². The number of carbonyl (C=O) groups is 2. The molecule has 0 spiro atoms. The first-order valence-electron chi connectivity index (χ1n) is 7.37. The molecule has 1 aromatic rings. The van der Waals surface area contributed by atoms with Crippen molar-refractivity contribution in [3.8, 4) is 0 Å². The van der Waals surface area contributed by atoms with Gasteiger partial charge in [0.15, 0.2) is 0 Å². The Morgan fingerprint density at radius 2 is 1.90 bits per heavy atom. The number of hydrogen-bond donors (Lipinski definition) is 3. The van der Waals surface area contributed by atoms with Gasteiger partial charge in [-0.3, -0.25) is 4.79 Å². The summed E-state index contributed by atoms with van der Waals surface area (Å²) in [6.07, 6.45) is 0.947. The number of aryl methyl sites for hydroxylation is 1. The van der Waals surface area contributed by atoms with Crippen molar-refractivity contribution in [1.82, 2.24) is 10.6 Å². The second-order valence-corrected chi connectivity index (χ2v) is 5.45. The Morgan fingerprint density at radius 1 is 1.19 bits per heavy atom. The van der Waals surface area contributed by atoms with E-state index in [0.717, 1.165) is 12.0 Å². The molecular formula is C16H25N3O2. The molecule has 1 rings (SSSR count). The van der Waals surface area contributed by atoms with Gasteiger partial charge in [-0.15, -0.1) is 0 Å². The zero-order chi connectivity index (χ0) is 15.8. The normalized spacial score (nSPS) is 10.3. The van der Waals surface area contributed by atoms with Crippen molar-refractivity contribution in [2.24, 2.45) is 5.92 Å². The SMILES string of the molecule is CCNC(=O)c1ccc(NC(=O)NCCC(C)C)c(C)c1. The van der Waals surface area contributed by atoms with Crippen molar-refractivity contribution >= 4 is 17.6 Å². The van der Waals surface area contributed by atoms with Crippen LogP contribution in [0.15, 0.2) is 18.2 Å². The highest BCUT2D eigenvalue weighted by atomic mass is 16.2. The van der Waals surface area contributed by atoms with Crippen LogP contribution >= 0.6 is 0 Å². The Bertz CT molecular complexity index is 498. The average molecular weight is 291 g/mol. The number of amides is 3. The van der Waals surface area contributed by atoms with Gasteiger partial charge in [-0.25, -0.2) is 4.79 Å². The summed E-state index contributed by atoms with van der Waals surface area (Å²) in [7, 11) is 0. The summed E-state index contributed by atoms with van der Waals surface area (Å²) >= 11 is 0. The fourth-order valence-corrected chi connectivity index (χ4v) is 1.85. The van der Waals surface area contributed by atoms with Gasteiger partial charge < -0.3 is 16.0 Å². The van der Waals surface area contributed by atoms with Crippen molar-refractivity contribution in [2.45, 2.75) is 34.1 Å². The molecule has 21 heavy (non-hydrogen) atoms. The fourth-order valence-electron chi connectivity index (χ4n) is 1.85. The maximum Gasteiger partial charge on any atom is 0.319 e. The molecule has 3 N–H and O–H groups in total. The van der Waals surface area contributed by atoms with Gasteiger partial charge in [0.05, 0.1) is 0 Å². The molecule has 0 saturated heterocycles. The van der Waals surface area contributed by atoms with Crippen LogP contribution in [0.25, 0.3) is 0 Å². The quantitative estimate of drug-likeness (QED) is 0.754. The summed E-state index contributed by atoms with van der Waals surface area (Å²) in [6, 6.07) is 5.02. The van der Waals surface area contributed by atoms with E-state index in [4.69, 9.17) is 0 Å². The van der Waals surface area contributed by atoms with E-state index in [1.807, 2.05) is 13.8 Å². The summed E-state index contributed by atoms with van der Waals surface area (Å²) in [5.41, 5.74) is 2.17. The highest BCUT2D eigenvalue weighted by Gasteiger charge is 2.08. The van der Waals surface area contributed by atoms with E-state index in [1.165, 1.54) is 0 Å². The number of carbonyl (C=O) groups excluding carboxylic acids is 2. The largest absolute Gasteiger partial charge is 0.352 e. The number of hydrogen-bond acceptors (Lipinski definition) is 2. The molecule has 116 valence electrons. The molecule has 3 amide bonds. The first-order chi connectivity index (χ1) is 9.93. The third-order valence-corrected chi connectivity index (χ3v) is 3.08. The molecule has 0 saturated carbocycles. The van der Waals surface area contributed by atoms with Crippen LogP contribution in [0.5, 0.6) is 0 Å². The Morgan fingerprint density at radius 3 is 2.48 bits per heavy atom. The summed E-state index contributed by atoms with van der Waals surface area (Å²) in [6.45, 7) is 9.22. The lowest BCUT2D eigenvalue weighted by molar-refractivity contribution is 0.0955. The van der Waals surface area contributed by atoms with Crippen molar-refractivity contribution in [3.63, 3.8) is 0 Å². The molecule has 5 nitrogen and oxygen atoms in total. The van der Waals surface area contributed by atoms with Crippen molar-refractivity contribution in [3.05, 3.63) is 29.3 Å². The Kier molecular flexibility index (Phi) is 6.72. The van der Waals surface area contributed by atoms with Crippen molar-refractivity contribution < 1.29 is 9.59 Å². The third-order valence-electron chi connectivity index (χ3n) is 3.08. The number of benzene rings is 1. The summed E-state index contributed by atoms with van der Waals surface area (Å²) in [4.78, 5) is 23.5. The number of urea groups is 1. The van der Waals surface area contributed by atoms with Gasteiger partial charge in [-0.2, -0.15) is 0 Å². The van der Waals surface area contributed by atoms with E-state index in [2.05, 4.69) is 29.8 Å². The second-order valence-electron chi connectivity index (χ2n) is 5.45. The van der Waals surface area contributed by atoms with Gasteiger partial charge in [-0.05, 0) is 49.9 Å². The first-order valence-corrected chi connectivity index (χ1v) is 7.37. The standard InChI is InChI=1S/C16H25N3O2/c1-5-17-15(20)13-6-7-14(12(4)10-13)19-16(21)18-9-8-11(2)3/h6-7,10-11H,5,8-9H2,1-4H3,(H,17,20)(H2,18,19,21). The van der Waals surface area contributed by atoms with E-state index in [-0.39, 0.29) is 11.9 Å². The minimum atomic E-state index is -0.218. The minimum absolute atomic E-state index is 0.103. The molecule has 0 bridgehead atoms.